The molecule has 5 nitrogen and oxygen atoms in total. The van der Waals surface area contributed by atoms with Crippen molar-refractivity contribution in [3.05, 3.63) is 72.1 Å². The molecule has 0 atom stereocenters. The number of benzene rings is 1. The van der Waals surface area contributed by atoms with Crippen LogP contribution in [0.2, 0.25) is 0 Å². The van der Waals surface area contributed by atoms with E-state index in [1.807, 2.05) is 10.8 Å². The highest BCUT2D eigenvalue weighted by Gasteiger charge is 2.10. The fourth-order valence-corrected chi connectivity index (χ4v) is 2.19. The molecule has 0 radical (unpaired) electrons. The summed E-state index contributed by atoms with van der Waals surface area (Å²) in [5.41, 5.74) is 2.63. The molecule has 116 valence electrons. The fourth-order valence-electron chi connectivity index (χ4n) is 2.19. The van der Waals surface area contributed by atoms with E-state index in [9.17, 15) is 9.18 Å². The molecular formula is C17H14FN3O2. The number of hydrogen-bond donors (Lipinski definition) is 0. The number of esters is 1. The number of aromatic nitrogens is 3. The van der Waals surface area contributed by atoms with E-state index in [0.29, 0.717) is 23.5 Å². The molecule has 0 aliphatic rings. The lowest BCUT2D eigenvalue weighted by molar-refractivity contribution is 0.0600. The largest absolute Gasteiger partial charge is 0.465 e. The molecule has 6 heteroatoms. The van der Waals surface area contributed by atoms with Gasteiger partial charge in [0.25, 0.3) is 0 Å². The first-order valence-corrected chi connectivity index (χ1v) is 6.96. The van der Waals surface area contributed by atoms with Crippen molar-refractivity contribution in [3.8, 4) is 11.4 Å². The van der Waals surface area contributed by atoms with E-state index in [1.165, 1.54) is 19.2 Å². The lowest BCUT2D eigenvalue weighted by Crippen LogP contribution is -2.01. The molecule has 3 aromatic rings. The van der Waals surface area contributed by atoms with Gasteiger partial charge in [-0.25, -0.2) is 14.2 Å². The third kappa shape index (κ3) is 3.42. The highest BCUT2D eigenvalue weighted by atomic mass is 19.1. The van der Waals surface area contributed by atoms with Gasteiger partial charge in [0, 0.05) is 18.9 Å². The Bertz CT molecular complexity index is 828. The number of nitrogens with zero attached hydrogens (tertiary/aromatic N) is 3. The molecule has 2 aromatic heterocycles. The first-order valence-electron chi connectivity index (χ1n) is 6.96. The highest BCUT2D eigenvalue weighted by molar-refractivity contribution is 5.90. The minimum Gasteiger partial charge on any atom is -0.465 e. The summed E-state index contributed by atoms with van der Waals surface area (Å²) in [5.74, 6) is -0.678. The summed E-state index contributed by atoms with van der Waals surface area (Å²) in [4.78, 5) is 20.1. The molecule has 0 amide bonds. The van der Waals surface area contributed by atoms with Crippen molar-refractivity contribution in [1.29, 1.82) is 0 Å². The predicted molar refractivity (Wildman–Crippen MR) is 82.3 cm³/mol. The lowest BCUT2D eigenvalue weighted by atomic mass is 10.2. The van der Waals surface area contributed by atoms with Crippen LogP contribution in [0, 0.1) is 5.82 Å². The zero-order valence-corrected chi connectivity index (χ0v) is 12.4. The summed E-state index contributed by atoms with van der Waals surface area (Å²) in [7, 11) is 1.33. The second kappa shape index (κ2) is 6.39. The molecule has 0 saturated heterocycles. The quantitative estimate of drug-likeness (QED) is 0.695. The molecule has 0 bridgehead atoms. The van der Waals surface area contributed by atoms with Gasteiger partial charge in [-0.15, -0.1) is 0 Å². The zero-order chi connectivity index (χ0) is 16.2. The molecule has 1 aromatic carbocycles. The van der Waals surface area contributed by atoms with Crippen LogP contribution in [0.1, 0.15) is 15.9 Å². The SMILES string of the molecule is COC(=O)c1ccnc(-c2cn(Cc3ccc(F)cc3)cn2)c1. The van der Waals surface area contributed by atoms with Crippen molar-refractivity contribution in [3.63, 3.8) is 0 Å². The van der Waals surface area contributed by atoms with Crippen LogP contribution in [-0.2, 0) is 11.3 Å². The van der Waals surface area contributed by atoms with Crippen molar-refractivity contribution >= 4 is 5.97 Å². The van der Waals surface area contributed by atoms with Gasteiger partial charge in [0.05, 0.1) is 24.7 Å². The second-order valence-corrected chi connectivity index (χ2v) is 4.98. The Morgan fingerprint density at radius 2 is 1.96 bits per heavy atom. The summed E-state index contributed by atoms with van der Waals surface area (Å²) in [6, 6.07) is 9.53. The van der Waals surface area contributed by atoms with Gasteiger partial charge < -0.3 is 9.30 Å². The van der Waals surface area contributed by atoms with Gasteiger partial charge in [-0.2, -0.15) is 0 Å². The molecule has 23 heavy (non-hydrogen) atoms. The molecule has 3 rings (SSSR count). The van der Waals surface area contributed by atoms with Crippen molar-refractivity contribution in [2.75, 3.05) is 7.11 Å². The van der Waals surface area contributed by atoms with E-state index in [0.717, 1.165) is 5.56 Å². The van der Waals surface area contributed by atoms with Gasteiger partial charge >= 0.3 is 5.97 Å². The predicted octanol–water partition coefficient (Wildman–Crippen LogP) is 2.92. The Hall–Kier alpha value is -3.02. The monoisotopic (exact) mass is 311 g/mol. The summed E-state index contributed by atoms with van der Waals surface area (Å²) in [6.45, 7) is 0.573. The Balaban J connectivity index is 1.81. The summed E-state index contributed by atoms with van der Waals surface area (Å²) < 4.78 is 19.5. The molecule has 2 heterocycles. The topological polar surface area (TPSA) is 57.0 Å². The van der Waals surface area contributed by atoms with Gasteiger partial charge in [0.15, 0.2) is 0 Å². The molecule has 0 unspecified atom stereocenters. The number of rotatable bonds is 4. The number of carbonyl (C=O) groups excluding carboxylic acids is 1. The van der Waals surface area contributed by atoms with Crippen LogP contribution in [0.5, 0.6) is 0 Å². The Morgan fingerprint density at radius 3 is 2.70 bits per heavy atom. The maximum absolute atomic E-state index is 12.9. The average molecular weight is 311 g/mol. The lowest BCUT2D eigenvalue weighted by Gasteiger charge is -2.02. The first-order chi connectivity index (χ1) is 11.2. The van der Waals surface area contributed by atoms with Crippen molar-refractivity contribution in [1.82, 2.24) is 14.5 Å². The highest BCUT2D eigenvalue weighted by Crippen LogP contribution is 2.17. The van der Waals surface area contributed by atoms with Gasteiger partial charge in [-0.3, -0.25) is 4.98 Å². The molecular weight excluding hydrogens is 297 g/mol. The zero-order valence-electron chi connectivity index (χ0n) is 12.4. The van der Waals surface area contributed by atoms with Crippen molar-refractivity contribution in [2.45, 2.75) is 6.54 Å². The number of carbonyl (C=O) groups is 1. The number of pyridine rings is 1. The van der Waals surface area contributed by atoms with Gasteiger partial charge in [-0.05, 0) is 29.8 Å². The van der Waals surface area contributed by atoms with Crippen molar-refractivity contribution in [2.24, 2.45) is 0 Å². The number of imidazole rings is 1. The maximum atomic E-state index is 12.9. The number of hydrogen-bond acceptors (Lipinski definition) is 4. The first kappa shape index (κ1) is 14.9. The van der Waals surface area contributed by atoms with E-state index in [-0.39, 0.29) is 5.82 Å². The molecule has 0 aliphatic heterocycles. The minimum atomic E-state index is -0.417. The summed E-state index contributed by atoms with van der Waals surface area (Å²) in [5, 5.41) is 0. The maximum Gasteiger partial charge on any atom is 0.337 e. The third-order valence-corrected chi connectivity index (χ3v) is 3.36. The van der Waals surface area contributed by atoms with E-state index in [4.69, 9.17) is 4.74 Å². The van der Waals surface area contributed by atoms with E-state index < -0.39 is 5.97 Å². The standard InChI is InChI=1S/C17H14FN3O2/c1-23-17(22)13-6-7-19-15(8-13)16-10-21(11-20-16)9-12-2-4-14(18)5-3-12/h2-8,10-11H,9H2,1H3. The molecule has 0 fully saturated rings. The van der Waals surface area contributed by atoms with E-state index >= 15 is 0 Å². The Morgan fingerprint density at radius 1 is 1.17 bits per heavy atom. The number of halogens is 1. The van der Waals surface area contributed by atoms with Crippen LogP contribution in [0.25, 0.3) is 11.4 Å². The molecule has 0 aliphatic carbocycles. The minimum absolute atomic E-state index is 0.260. The molecule has 0 N–H and O–H groups in total. The van der Waals surface area contributed by atoms with Crippen LogP contribution < -0.4 is 0 Å². The summed E-state index contributed by atoms with van der Waals surface area (Å²) >= 11 is 0. The molecule has 0 spiro atoms. The fraction of sp³-hybridized carbons (Fsp3) is 0.118. The van der Waals surface area contributed by atoms with Gasteiger partial charge in [0.2, 0.25) is 0 Å². The van der Waals surface area contributed by atoms with E-state index in [1.54, 1.807) is 36.8 Å². The third-order valence-electron chi connectivity index (χ3n) is 3.36. The Kier molecular flexibility index (Phi) is 4.14. The van der Waals surface area contributed by atoms with Crippen LogP contribution in [0.15, 0.2) is 55.1 Å². The normalized spacial score (nSPS) is 10.5. The average Bonchev–Trinajstić information content (AvgIpc) is 3.05. The second-order valence-electron chi connectivity index (χ2n) is 4.98. The summed E-state index contributed by atoms with van der Waals surface area (Å²) in [6.07, 6.45) is 5.04. The van der Waals surface area contributed by atoms with Gasteiger partial charge in [-0.1, -0.05) is 12.1 Å². The van der Waals surface area contributed by atoms with Crippen LogP contribution in [0.3, 0.4) is 0 Å². The van der Waals surface area contributed by atoms with Crippen LogP contribution in [0.4, 0.5) is 4.39 Å². The number of methoxy groups -OCH3 is 1. The van der Waals surface area contributed by atoms with Crippen molar-refractivity contribution < 1.29 is 13.9 Å². The van der Waals surface area contributed by atoms with Gasteiger partial charge in [0.1, 0.15) is 11.5 Å². The van der Waals surface area contributed by atoms with E-state index in [2.05, 4.69) is 9.97 Å². The molecule has 0 saturated carbocycles. The van der Waals surface area contributed by atoms with Crippen LogP contribution >= 0.6 is 0 Å². The van der Waals surface area contributed by atoms with Crippen LogP contribution in [-0.4, -0.2) is 27.6 Å². The smallest absolute Gasteiger partial charge is 0.337 e. The Labute approximate surface area is 132 Å². The number of ether oxygens (including phenoxy) is 1.